The number of aliphatic imine (C=N–C) groups is 1. The Labute approximate surface area is 199 Å². The molecule has 8 nitrogen and oxygen atoms in total. The van der Waals surface area contributed by atoms with Crippen LogP contribution in [0, 0.1) is 5.92 Å². The SMILES string of the molecule is CCNC(=NCCCOCC1CCOCC1)NC1CCN(CCS(C)(=O)=O)CC1.I. The Bertz CT molecular complexity index is 577. The molecular weight excluding hydrogens is 519 g/mol. The van der Waals surface area contributed by atoms with Gasteiger partial charge in [0.05, 0.1) is 5.75 Å². The highest BCUT2D eigenvalue weighted by atomic mass is 127. The second-order valence-electron chi connectivity index (χ2n) is 8.14. The number of hydrogen-bond acceptors (Lipinski definition) is 6. The monoisotopic (exact) mass is 560 g/mol. The first-order chi connectivity index (χ1) is 14.0. The van der Waals surface area contributed by atoms with Crippen molar-refractivity contribution >= 4 is 39.8 Å². The minimum atomic E-state index is -2.89. The molecule has 0 atom stereocenters. The average molecular weight is 561 g/mol. The number of nitrogens with one attached hydrogen (secondary N) is 2. The Kier molecular flexibility index (Phi) is 14.5. The van der Waals surface area contributed by atoms with Gasteiger partial charge in [-0.2, -0.15) is 0 Å². The number of rotatable bonds is 11. The first-order valence-electron chi connectivity index (χ1n) is 11.1. The van der Waals surface area contributed by atoms with Crippen molar-refractivity contribution < 1.29 is 17.9 Å². The van der Waals surface area contributed by atoms with E-state index in [0.29, 0.717) is 18.5 Å². The quantitative estimate of drug-likeness (QED) is 0.171. The van der Waals surface area contributed by atoms with Gasteiger partial charge in [0.2, 0.25) is 0 Å². The van der Waals surface area contributed by atoms with Gasteiger partial charge in [-0.25, -0.2) is 8.42 Å². The predicted molar refractivity (Wildman–Crippen MR) is 133 cm³/mol. The van der Waals surface area contributed by atoms with Crippen molar-refractivity contribution in [1.82, 2.24) is 15.5 Å². The molecule has 2 heterocycles. The molecule has 0 bridgehead atoms. The van der Waals surface area contributed by atoms with Crippen LogP contribution in [0.2, 0.25) is 0 Å². The lowest BCUT2D eigenvalue weighted by Gasteiger charge is -2.32. The smallest absolute Gasteiger partial charge is 0.191 e. The number of piperidine rings is 1. The van der Waals surface area contributed by atoms with Crippen molar-refractivity contribution in [2.24, 2.45) is 10.9 Å². The van der Waals surface area contributed by atoms with Crippen molar-refractivity contribution in [3.8, 4) is 0 Å². The summed E-state index contributed by atoms with van der Waals surface area (Å²) in [5, 5.41) is 6.85. The van der Waals surface area contributed by atoms with Crippen LogP contribution in [0.5, 0.6) is 0 Å². The molecule has 0 aromatic carbocycles. The molecule has 2 saturated heterocycles. The highest BCUT2D eigenvalue weighted by molar-refractivity contribution is 14.0. The van der Waals surface area contributed by atoms with E-state index in [0.717, 1.165) is 90.7 Å². The maximum atomic E-state index is 11.3. The fraction of sp³-hybridized carbons (Fsp3) is 0.950. The molecule has 0 aliphatic carbocycles. The summed E-state index contributed by atoms with van der Waals surface area (Å²) in [5.41, 5.74) is 0. The van der Waals surface area contributed by atoms with Crippen molar-refractivity contribution in [3.63, 3.8) is 0 Å². The molecule has 10 heteroatoms. The van der Waals surface area contributed by atoms with Gasteiger partial charge in [-0.1, -0.05) is 0 Å². The number of nitrogens with zero attached hydrogens (tertiary/aromatic N) is 2. The number of halogens is 1. The lowest BCUT2D eigenvalue weighted by molar-refractivity contribution is 0.0205. The van der Waals surface area contributed by atoms with Crippen molar-refractivity contribution in [2.45, 2.75) is 45.1 Å². The Morgan fingerprint density at radius 2 is 1.90 bits per heavy atom. The van der Waals surface area contributed by atoms with E-state index in [1.54, 1.807) is 0 Å². The van der Waals surface area contributed by atoms with Gasteiger partial charge in [-0.05, 0) is 44.9 Å². The molecule has 0 aromatic heterocycles. The van der Waals surface area contributed by atoms with Crippen molar-refractivity contribution in [1.29, 1.82) is 0 Å². The molecule has 0 saturated carbocycles. The van der Waals surface area contributed by atoms with Crippen LogP contribution in [0.1, 0.15) is 39.0 Å². The van der Waals surface area contributed by atoms with Gasteiger partial charge in [-0.15, -0.1) is 24.0 Å². The Balaban J connectivity index is 0.00000450. The third-order valence-corrected chi connectivity index (χ3v) is 6.39. The molecule has 2 rings (SSSR count). The summed E-state index contributed by atoms with van der Waals surface area (Å²) in [6, 6.07) is 0.382. The fourth-order valence-corrected chi connectivity index (χ4v) is 4.22. The van der Waals surface area contributed by atoms with Crippen LogP contribution in [-0.2, 0) is 19.3 Å². The van der Waals surface area contributed by atoms with Crippen LogP contribution in [0.4, 0.5) is 0 Å². The molecule has 0 unspecified atom stereocenters. The zero-order chi connectivity index (χ0) is 21.0. The molecule has 0 radical (unpaired) electrons. The van der Waals surface area contributed by atoms with Crippen molar-refractivity contribution in [2.75, 3.05) is 71.2 Å². The topological polar surface area (TPSA) is 92.3 Å². The van der Waals surface area contributed by atoms with Gasteiger partial charge in [0, 0.05) is 71.4 Å². The van der Waals surface area contributed by atoms with Crippen LogP contribution in [0.25, 0.3) is 0 Å². The van der Waals surface area contributed by atoms with E-state index >= 15 is 0 Å². The van der Waals surface area contributed by atoms with Crippen molar-refractivity contribution in [3.05, 3.63) is 0 Å². The predicted octanol–water partition coefficient (Wildman–Crippen LogP) is 1.50. The van der Waals surface area contributed by atoms with Gasteiger partial charge < -0.3 is 25.0 Å². The molecule has 178 valence electrons. The lowest BCUT2D eigenvalue weighted by Crippen LogP contribution is -2.49. The Hall–Kier alpha value is -0.170. The highest BCUT2D eigenvalue weighted by Crippen LogP contribution is 2.14. The Morgan fingerprint density at radius 3 is 2.53 bits per heavy atom. The molecule has 2 fully saturated rings. The zero-order valence-corrected chi connectivity index (χ0v) is 21.8. The maximum Gasteiger partial charge on any atom is 0.191 e. The van der Waals surface area contributed by atoms with Crippen LogP contribution in [0.3, 0.4) is 0 Å². The number of likely N-dealkylation sites (tertiary alicyclic amines) is 1. The molecule has 2 aliphatic heterocycles. The maximum absolute atomic E-state index is 11.3. The molecule has 30 heavy (non-hydrogen) atoms. The Morgan fingerprint density at radius 1 is 1.20 bits per heavy atom. The van der Waals surface area contributed by atoms with E-state index in [1.807, 2.05) is 0 Å². The van der Waals surface area contributed by atoms with E-state index in [2.05, 4.69) is 27.4 Å². The summed E-state index contributed by atoms with van der Waals surface area (Å²) in [4.78, 5) is 6.92. The third-order valence-electron chi connectivity index (χ3n) is 5.46. The van der Waals surface area contributed by atoms with E-state index in [1.165, 1.54) is 6.26 Å². The molecular formula is C20H41IN4O4S. The van der Waals surface area contributed by atoms with Gasteiger partial charge in [-0.3, -0.25) is 4.99 Å². The standard InChI is InChI=1S/C20H40N4O4S.HI/c1-3-21-20(22-9-4-13-28-17-18-7-14-27-15-8-18)23-19-5-10-24(11-6-19)12-16-29(2,25)26;/h18-19H,3-17H2,1-2H3,(H2,21,22,23);1H. The van der Waals surface area contributed by atoms with Crippen LogP contribution >= 0.6 is 24.0 Å². The summed E-state index contributed by atoms with van der Waals surface area (Å²) < 4.78 is 33.8. The second kappa shape index (κ2) is 15.6. The minimum Gasteiger partial charge on any atom is -0.381 e. The molecule has 2 N–H and O–H groups in total. The van der Waals surface area contributed by atoms with E-state index in [4.69, 9.17) is 9.47 Å². The number of hydrogen-bond donors (Lipinski definition) is 2. The summed E-state index contributed by atoms with van der Waals surface area (Å²) >= 11 is 0. The van der Waals surface area contributed by atoms with Gasteiger partial charge >= 0.3 is 0 Å². The largest absolute Gasteiger partial charge is 0.381 e. The summed E-state index contributed by atoms with van der Waals surface area (Å²) in [6.45, 7) is 9.45. The normalized spacial score (nSPS) is 20.0. The van der Waals surface area contributed by atoms with Gasteiger partial charge in [0.1, 0.15) is 9.84 Å². The fourth-order valence-electron chi connectivity index (χ4n) is 3.63. The zero-order valence-electron chi connectivity index (χ0n) is 18.6. The summed E-state index contributed by atoms with van der Waals surface area (Å²) in [5.74, 6) is 1.76. The molecule has 0 spiro atoms. The van der Waals surface area contributed by atoms with Crippen LogP contribution in [-0.4, -0.2) is 96.5 Å². The van der Waals surface area contributed by atoms with Gasteiger partial charge in [0.25, 0.3) is 0 Å². The van der Waals surface area contributed by atoms with Gasteiger partial charge in [0.15, 0.2) is 5.96 Å². The van der Waals surface area contributed by atoms with Crippen LogP contribution in [0.15, 0.2) is 4.99 Å². The average Bonchev–Trinajstić information content (AvgIpc) is 2.70. The van der Waals surface area contributed by atoms with E-state index < -0.39 is 9.84 Å². The number of sulfone groups is 1. The molecule has 0 amide bonds. The first-order valence-corrected chi connectivity index (χ1v) is 13.1. The molecule has 2 aliphatic rings. The minimum absolute atomic E-state index is 0. The summed E-state index contributed by atoms with van der Waals surface area (Å²) in [6.07, 6.45) is 6.45. The van der Waals surface area contributed by atoms with E-state index in [-0.39, 0.29) is 29.7 Å². The van der Waals surface area contributed by atoms with Crippen LogP contribution < -0.4 is 10.6 Å². The summed E-state index contributed by atoms with van der Waals surface area (Å²) in [7, 11) is -2.89. The second-order valence-corrected chi connectivity index (χ2v) is 10.4. The lowest BCUT2D eigenvalue weighted by atomic mass is 10.0. The molecule has 0 aromatic rings. The van der Waals surface area contributed by atoms with E-state index in [9.17, 15) is 8.42 Å². The first kappa shape index (κ1) is 27.9. The number of ether oxygens (including phenoxy) is 2. The third kappa shape index (κ3) is 12.6. The number of guanidine groups is 1. The highest BCUT2D eigenvalue weighted by Gasteiger charge is 2.20.